The van der Waals surface area contributed by atoms with E-state index in [4.69, 9.17) is 5.11 Å². The van der Waals surface area contributed by atoms with Gasteiger partial charge in [-0.25, -0.2) is 4.79 Å². The number of benzene rings is 1. The lowest BCUT2D eigenvalue weighted by molar-refractivity contribution is 0.0697. The standard InChI is InChI=1S/C9H8N2O2/c1-11-5-7-3-2-6(9(12)13)4-8(7)10-11/h2-5H,1H3,(H,12,13). The number of hydrogen-bond donors (Lipinski definition) is 1. The number of carbonyl (C=O) groups is 1. The van der Waals surface area contributed by atoms with Crippen molar-refractivity contribution in [2.75, 3.05) is 0 Å². The van der Waals surface area contributed by atoms with Crippen LogP contribution in [-0.2, 0) is 7.05 Å². The minimum absolute atomic E-state index is 0.270. The molecule has 66 valence electrons. The highest BCUT2D eigenvalue weighted by Gasteiger charge is 2.04. The fourth-order valence-electron chi connectivity index (χ4n) is 1.27. The predicted octanol–water partition coefficient (Wildman–Crippen LogP) is 1.27. The molecule has 1 N–H and O–H groups in total. The van der Waals surface area contributed by atoms with Gasteiger partial charge < -0.3 is 5.11 Å². The molecule has 0 atom stereocenters. The number of carboxylic acids is 1. The molecular weight excluding hydrogens is 168 g/mol. The maximum absolute atomic E-state index is 10.6. The zero-order valence-corrected chi connectivity index (χ0v) is 7.06. The third-order valence-corrected chi connectivity index (χ3v) is 1.87. The fourth-order valence-corrected chi connectivity index (χ4v) is 1.27. The van der Waals surface area contributed by atoms with E-state index < -0.39 is 5.97 Å². The van der Waals surface area contributed by atoms with Crippen LogP contribution in [0.2, 0.25) is 0 Å². The smallest absolute Gasteiger partial charge is 0.335 e. The Morgan fingerprint density at radius 3 is 3.00 bits per heavy atom. The quantitative estimate of drug-likeness (QED) is 0.711. The number of carboxylic acid groups (broad SMARTS) is 1. The van der Waals surface area contributed by atoms with E-state index >= 15 is 0 Å². The molecule has 0 fully saturated rings. The van der Waals surface area contributed by atoms with Gasteiger partial charge in [0, 0.05) is 18.6 Å². The largest absolute Gasteiger partial charge is 0.478 e. The number of rotatable bonds is 1. The second-order valence-corrected chi connectivity index (χ2v) is 2.88. The fraction of sp³-hybridized carbons (Fsp3) is 0.111. The lowest BCUT2D eigenvalue weighted by Crippen LogP contribution is -1.94. The summed E-state index contributed by atoms with van der Waals surface area (Å²) in [5.41, 5.74) is 0.980. The third kappa shape index (κ3) is 1.26. The van der Waals surface area contributed by atoms with Gasteiger partial charge in [-0.1, -0.05) is 6.07 Å². The molecular formula is C9H8N2O2. The number of hydrogen-bond acceptors (Lipinski definition) is 2. The second-order valence-electron chi connectivity index (χ2n) is 2.88. The van der Waals surface area contributed by atoms with Crippen LogP contribution in [0.5, 0.6) is 0 Å². The highest BCUT2D eigenvalue weighted by Crippen LogP contribution is 2.13. The summed E-state index contributed by atoms with van der Waals surface area (Å²) in [4.78, 5) is 10.6. The highest BCUT2D eigenvalue weighted by molar-refractivity contribution is 5.92. The maximum atomic E-state index is 10.6. The predicted molar refractivity (Wildman–Crippen MR) is 47.7 cm³/mol. The molecule has 0 aliphatic rings. The molecule has 13 heavy (non-hydrogen) atoms. The first-order chi connectivity index (χ1) is 6.16. The summed E-state index contributed by atoms with van der Waals surface area (Å²) in [6.07, 6.45) is 1.85. The topological polar surface area (TPSA) is 55.1 Å². The number of aromatic carboxylic acids is 1. The van der Waals surface area contributed by atoms with Crippen molar-refractivity contribution in [1.29, 1.82) is 0 Å². The van der Waals surface area contributed by atoms with Crippen molar-refractivity contribution in [2.24, 2.45) is 7.05 Å². The van der Waals surface area contributed by atoms with E-state index in [1.165, 1.54) is 0 Å². The minimum atomic E-state index is -0.924. The van der Waals surface area contributed by atoms with Crippen molar-refractivity contribution in [1.82, 2.24) is 9.78 Å². The number of fused-ring (bicyclic) bond motifs is 1. The first kappa shape index (κ1) is 7.79. The molecule has 0 saturated carbocycles. The molecule has 1 aromatic heterocycles. The molecule has 0 unspecified atom stereocenters. The highest BCUT2D eigenvalue weighted by atomic mass is 16.4. The van der Waals surface area contributed by atoms with Crippen LogP contribution in [0.3, 0.4) is 0 Å². The van der Waals surface area contributed by atoms with Crippen LogP contribution < -0.4 is 0 Å². The Balaban J connectivity index is 2.67. The van der Waals surface area contributed by atoms with Gasteiger partial charge in [0.25, 0.3) is 0 Å². The van der Waals surface area contributed by atoms with Crippen molar-refractivity contribution in [3.05, 3.63) is 30.0 Å². The molecule has 4 heteroatoms. The molecule has 1 heterocycles. The summed E-state index contributed by atoms with van der Waals surface area (Å²) in [7, 11) is 1.81. The Morgan fingerprint density at radius 2 is 2.31 bits per heavy atom. The molecule has 0 aliphatic carbocycles. The second kappa shape index (κ2) is 2.58. The lowest BCUT2D eigenvalue weighted by Gasteiger charge is -1.91. The molecule has 0 amide bonds. The normalized spacial score (nSPS) is 10.5. The van der Waals surface area contributed by atoms with E-state index in [-0.39, 0.29) is 5.56 Å². The summed E-state index contributed by atoms with van der Waals surface area (Å²) in [6.45, 7) is 0. The minimum Gasteiger partial charge on any atom is -0.478 e. The summed E-state index contributed by atoms with van der Waals surface area (Å²) in [5.74, 6) is -0.924. The van der Waals surface area contributed by atoms with Gasteiger partial charge in [0.05, 0.1) is 11.1 Å². The molecule has 1 aromatic carbocycles. The molecule has 2 rings (SSSR count). The number of nitrogens with zero attached hydrogens (tertiary/aromatic N) is 2. The van der Waals surface area contributed by atoms with Gasteiger partial charge in [0.15, 0.2) is 0 Å². The van der Waals surface area contributed by atoms with Gasteiger partial charge in [-0.2, -0.15) is 5.10 Å². The van der Waals surface area contributed by atoms with Crippen LogP contribution >= 0.6 is 0 Å². The van der Waals surface area contributed by atoms with Crippen LogP contribution in [-0.4, -0.2) is 20.9 Å². The molecule has 0 radical (unpaired) electrons. The van der Waals surface area contributed by atoms with Crippen LogP contribution in [0.1, 0.15) is 10.4 Å². The van der Waals surface area contributed by atoms with Gasteiger partial charge in [-0.3, -0.25) is 4.68 Å². The maximum Gasteiger partial charge on any atom is 0.335 e. The summed E-state index contributed by atoms with van der Waals surface area (Å²) in [6, 6.07) is 4.90. The molecule has 0 aliphatic heterocycles. The van der Waals surface area contributed by atoms with Crippen LogP contribution in [0.15, 0.2) is 24.4 Å². The van der Waals surface area contributed by atoms with Crippen molar-refractivity contribution in [3.8, 4) is 0 Å². The number of aryl methyl sites for hydroxylation is 1. The Labute approximate surface area is 74.4 Å². The van der Waals surface area contributed by atoms with Gasteiger partial charge in [0.1, 0.15) is 0 Å². The first-order valence-corrected chi connectivity index (χ1v) is 3.83. The average molecular weight is 176 g/mol. The van der Waals surface area contributed by atoms with E-state index in [0.717, 1.165) is 5.39 Å². The Kier molecular flexibility index (Phi) is 1.55. The zero-order chi connectivity index (χ0) is 9.42. The van der Waals surface area contributed by atoms with E-state index in [0.29, 0.717) is 5.52 Å². The van der Waals surface area contributed by atoms with E-state index in [1.807, 2.05) is 6.20 Å². The van der Waals surface area contributed by atoms with Gasteiger partial charge in [-0.05, 0) is 12.1 Å². The Morgan fingerprint density at radius 1 is 1.54 bits per heavy atom. The van der Waals surface area contributed by atoms with Crippen molar-refractivity contribution < 1.29 is 9.90 Å². The van der Waals surface area contributed by atoms with Gasteiger partial charge >= 0.3 is 5.97 Å². The molecule has 0 saturated heterocycles. The Bertz CT molecular complexity index is 473. The lowest BCUT2D eigenvalue weighted by atomic mass is 10.2. The monoisotopic (exact) mass is 176 g/mol. The third-order valence-electron chi connectivity index (χ3n) is 1.87. The van der Waals surface area contributed by atoms with Crippen molar-refractivity contribution in [3.63, 3.8) is 0 Å². The summed E-state index contributed by atoms with van der Waals surface area (Å²) < 4.78 is 1.66. The molecule has 0 bridgehead atoms. The van der Waals surface area contributed by atoms with E-state index in [9.17, 15) is 4.79 Å². The number of aromatic nitrogens is 2. The van der Waals surface area contributed by atoms with Crippen LogP contribution in [0.25, 0.3) is 10.9 Å². The van der Waals surface area contributed by atoms with E-state index in [2.05, 4.69) is 5.10 Å². The van der Waals surface area contributed by atoms with Crippen molar-refractivity contribution in [2.45, 2.75) is 0 Å². The molecule has 0 spiro atoms. The Hall–Kier alpha value is -1.84. The van der Waals surface area contributed by atoms with E-state index in [1.54, 1.807) is 29.9 Å². The van der Waals surface area contributed by atoms with Crippen LogP contribution in [0, 0.1) is 0 Å². The van der Waals surface area contributed by atoms with Gasteiger partial charge in [-0.15, -0.1) is 0 Å². The molecule has 2 aromatic rings. The van der Waals surface area contributed by atoms with Gasteiger partial charge in [0.2, 0.25) is 0 Å². The van der Waals surface area contributed by atoms with Crippen molar-refractivity contribution >= 4 is 16.9 Å². The zero-order valence-electron chi connectivity index (χ0n) is 7.06. The first-order valence-electron chi connectivity index (χ1n) is 3.83. The van der Waals surface area contributed by atoms with Crippen LogP contribution in [0.4, 0.5) is 0 Å². The summed E-state index contributed by atoms with van der Waals surface area (Å²) >= 11 is 0. The average Bonchev–Trinajstić information content (AvgIpc) is 2.42. The SMILES string of the molecule is Cn1cc2ccc(C(=O)O)cc2n1. The molecule has 4 nitrogen and oxygen atoms in total. The summed E-state index contributed by atoms with van der Waals surface area (Å²) in [5, 5.41) is 13.8.